The number of likely N-dealkylation sites (tertiary alicyclic amines) is 1. The van der Waals surface area contributed by atoms with Crippen LogP contribution in [-0.2, 0) is 6.54 Å². The highest BCUT2D eigenvalue weighted by atomic mass is 16.5. The van der Waals surface area contributed by atoms with Gasteiger partial charge in [0.15, 0.2) is 0 Å². The number of ether oxygens (including phenoxy) is 1. The molecular formula is C17H19N3O. The summed E-state index contributed by atoms with van der Waals surface area (Å²) in [5.74, 6) is 0.855. The number of hydrogen-bond donors (Lipinski definition) is 0. The molecule has 1 heterocycles. The minimum absolute atomic E-state index is 0.115. The second kappa shape index (κ2) is 7.47. The fraction of sp³-hybridized carbons (Fsp3) is 0.412. The molecule has 0 unspecified atom stereocenters. The van der Waals surface area contributed by atoms with Crippen LogP contribution < -0.4 is 4.74 Å². The Morgan fingerprint density at radius 2 is 1.95 bits per heavy atom. The number of piperidine rings is 1. The van der Waals surface area contributed by atoms with E-state index in [2.05, 4.69) is 4.90 Å². The minimum Gasteiger partial charge on any atom is -0.496 e. The maximum Gasteiger partial charge on any atom is 0.130 e. The lowest BCUT2D eigenvalue weighted by atomic mass is 10.1. The number of nitriles is 2. The van der Waals surface area contributed by atoms with Crippen molar-refractivity contribution >= 4 is 6.08 Å². The van der Waals surface area contributed by atoms with Crippen LogP contribution in [0.3, 0.4) is 0 Å². The van der Waals surface area contributed by atoms with Gasteiger partial charge in [0.25, 0.3) is 0 Å². The van der Waals surface area contributed by atoms with Crippen LogP contribution in [0, 0.1) is 22.7 Å². The molecule has 1 aromatic carbocycles. The Morgan fingerprint density at radius 1 is 1.24 bits per heavy atom. The molecule has 0 bridgehead atoms. The Labute approximate surface area is 125 Å². The Kier molecular flexibility index (Phi) is 5.37. The summed E-state index contributed by atoms with van der Waals surface area (Å²) in [6, 6.07) is 9.55. The van der Waals surface area contributed by atoms with Crippen molar-refractivity contribution < 1.29 is 4.74 Å². The van der Waals surface area contributed by atoms with Crippen LogP contribution in [0.2, 0.25) is 0 Å². The van der Waals surface area contributed by atoms with Gasteiger partial charge in [-0.15, -0.1) is 0 Å². The van der Waals surface area contributed by atoms with Crippen molar-refractivity contribution in [2.75, 3.05) is 20.2 Å². The van der Waals surface area contributed by atoms with Gasteiger partial charge < -0.3 is 4.74 Å². The number of nitrogens with zero attached hydrogens (tertiary/aromatic N) is 3. The Hall–Kier alpha value is -2.30. The predicted octanol–water partition coefficient (Wildman–Crippen LogP) is 3.11. The van der Waals surface area contributed by atoms with Gasteiger partial charge in [0, 0.05) is 12.1 Å². The molecule has 1 fully saturated rings. The molecule has 0 aliphatic carbocycles. The van der Waals surface area contributed by atoms with Crippen LogP contribution in [-0.4, -0.2) is 25.1 Å². The van der Waals surface area contributed by atoms with E-state index in [0.717, 1.165) is 36.5 Å². The summed E-state index contributed by atoms with van der Waals surface area (Å²) >= 11 is 0. The molecule has 2 rings (SSSR count). The van der Waals surface area contributed by atoms with E-state index < -0.39 is 0 Å². The third-order valence-corrected chi connectivity index (χ3v) is 3.70. The highest BCUT2D eigenvalue weighted by Crippen LogP contribution is 2.24. The molecule has 0 N–H and O–H groups in total. The zero-order valence-electron chi connectivity index (χ0n) is 12.3. The van der Waals surface area contributed by atoms with Crippen LogP contribution in [0.25, 0.3) is 6.08 Å². The van der Waals surface area contributed by atoms with Gasteiger partial charge in [0.1, 0.15) is 23.5 Å². The number of benzene rings is 1. The van der Waals surface area contributed by atoms with Crippen LogP contribution in [0.1, 0.15) is 30.4 Å². The van der Waals surface area contributed by atoms with Gasteiger partial charge in [-0.05, 0) is 49.7 Å². The molecule has 0 spiro atoms. The van der Waals surface area contributed by atoms with Gasteiger partial charge >= 0.3 is 0 Å². The molecule has 108 valence electrons. The number of methoxy groups -OCH3 is 1. The second-order valence-electron chi connectivity index (χ2n) is 5.19. The fourth-order valence-electron chi connectivity index (χ4n) is 2.63. The molecule has 4 heteroatoms. The van der Waals surface area contributed by atoms with Gasteiger partial charge in [0.2, 0.25) is 0 Å². The quantitative estimate of drug-likeness (QED) is 0.796. The monoisotopic (exact) mass is 281 g/mol. The molecule has 1 aromatic rings. The van der Waals surface area contributed by atoms with E-state index in [-0.39, 0.29) is 5.57 Å². The molecule has 0 radical (unpaired) electrons. The zero-order valence-corrected chi connectivity index (χ0v) is 12.3. The first-order valence-electron chi connectivity index (χ1n) is 7.18. The summed E-state index contributed by atoms with van der Waals surface area (Å²) in [6.07, 6.45) is 5.41. The van der Waals surface area contributed by atoms with Crippen molar-refractivity contribution in [3.63, 3.8) is 0 Å². The van der Waals surface area contributed by atoms with Crippen molar-refractivity contribution in [3.8, 4) is 17.9 Å². The SMILES string of the molecule is COc1ccc(C=C(C#N)C#N)cc1CN1CCCCC1. The summed E-state index contributed by atoms with van der Waals surface area (Å²) in [7, 11) is 1.67. The lowest BCUT2D eigenvalue weighted by Crippen LogP contribution is -2.29. The van der Waals surface area contributed by atoms with E-state index in [1.807, 2.05) is 30.3 Å². The Morgan fingerprint density at radius 3 is 2.57 bits per heavy atom. The lowest BCUT2D eigenvalue weighted by molar-refractivity contribution is 0.218. The fourth-order valence-corrected chi connectivity index (χ4v) is 2.63. The highest BCUT2D eigenvalue weighted by molar-refractivity contribution is 5.63. The summed E-state index contributed by atoms with van der Waals surface area (Å²) in [5, 5.41) is 17.7. The summed E-state index contributed by atoms with van der Waals surface area (Å²) in [5.41, 5.74) is 2.08. The van der Waals surface area contributed by atoms with Crippen molar-refractivity contribution in [1.82, 2.24) is 4.90 Å². The van der Waals surface area contributed by atoms with Gasteiger partial charge in [0.05, 0.1) is 7.11 Å². The summed E-state index contributed by atoms with van der Waals surface area (Å²) < 4.78 is 5.42. The average molecular weight is 281 g/mol. The smallest absolute Gasteiger partial charge is 0.130 e. The van der Waals surface area contributed by atoms with Crippen molar-refractivity contribution in [1.29, 1.82) is 10.5 Å². The third kappa shape index (κ3) is 4.08. The molecular weight excluding hydrogens is 262 g/mol. The number of hydrogen-bond acceptors (Lipinski definition) is 4. The second-order valence-corrected chi connectivity index (χ2v) is 5.19. The van der Waals surface area contributed by atoms with Crippen LogP contribution in [0.4, 0.5) is 0 Å². The first kappa shape index (κ1) is 15.1. The van der Waals surface area contributed by atoms with E-state index in [1.54, 1.807) is 13.2 Å². The maximum atomic E-state index is 8.84. The standard InChI is InChI=1S/C17H19N3O/c1-21-17-6-5-14(9-15(11-18)12-19)10-16(17)13-20-7-3-2-4-8-20/h5-6,9-10H,2-4,7-8,13H2,1H3. The van der Waals surface area contributed by atoms with Crippen molar-refractivity contribution in [2.24, 2.45) is 0 Å². The molecule has 1 aliphatic heterocycles. The third-order valence-electron chi connectivity index (χ3n) is 3.70. The Balaban J connectivity index is 2.24. The van der Waals surface area contributed by atoms with Crippen LogP contribution >= 0.6 is 0 Å². The highest BCUT2D eigenvalue weighted by Gasteiger charge is 2.13. The van der Waals surface area contributed by atoms with Gasteiger partial charge in [-0.2, -0.15) is 10.5 Å². The van der Waals surface area contributed by atoms with E-state index in [0.29, 0.717) is 0 Å². The molecule has 0 saturated carbocycles. The van der Waals surface area contributed by atoms with Crippen molar-refractivity contribution in [3.05, 3.63) is 34.9 Å². The summed E-state index contributed by atoms with van der Waals surface area (Å²) in [4.78, 5) is 2.42. The normalized spacial score (nSPS) is 14.8. The van der Waals surface area contributed by atoms with Crippen LogP contribution in [0.5, 0.6) is 5.75 Å². The predicted molar refractivity (Wildman–Crippen MR) is 81.3 cm³/mol. The molecule has 21 heavy (non-hydrogen) atoms. The molecule has 0 amide bonds. The van der Waals surface area contributed by atoms with E-state index in [9.17, 15) is 0 Å². The Bertz CT molecular complexity index is 585. The van der Waals surface area contributed by atoms with Crippen molar-refractivity contribution in [2.45, 2.75) is 25.8 Å². The first-order chi connectivity index (χ1) is 10.3. The maximum absolute atomic E-state index is 8.84. The average Bonchev–Trinajstić information content (AvgIpc) is 2.54. The van der Waals surface area contributed by atoms with Gasteiger partial charge in [-0.3, -0.25) is 4.90 Å². The zero-order chi connectivity index (χ0) is 15.1. The largest absolute Gasteiger partial charge is 0.496 e. The molecule has 0 atom stereocenters. The summed E-state index contributed by atoms with van der Waals surface area (Å²) in [6.45, 7) is 3.08. The molecule has 4 nitrogen and oxygen atoms in total. The van der Waals surface area contributed by atoms with Crippen LogP contribution in [0.15, 0.2) is 23.8 Å². The molecule has 0 aromatic heterocycles. The first-order valence-corrected chi connectivity index (χ1v) is 7.18. The number of allylic oxidation sites excluding steroid dienone is 1. The molecule has 1 aliphatic rings. The number of rotatable bonds is 4. The van der Waals surface area contributed by atoms with Gasteiger partial charge in [-0.25, -0.2) is 0 Å². The van der Waals surface area contributed by atoms with E-state index >= 15 is 0 Å². The topological polar surface area (TPSA) is 60.0 Å². The van der Waals surface area contributed by atoms with E-state index in [1.165, 1.54) is 19.3 Å². The molecule has 1 saturated heterocycles. The lowest BCUT2D eigenvalue weighted by Gasteiger charge is -2.27. The van der Waals surface area contributed by atoms with Gasteiger partial charge in [-0.1, -0.05) is 12.5 Å². The minimum atomic E-state index is 0.115. The van der Waals surface area contributed by atoms with E-state index in [4.69, 9.17) is 15.3 Å².